The molecule has 2 aromatic carbocycles. The molecule has 0 atom stereocenters. The van der Waals surface area contributed by atoms with Crippen molar-refractivity contribution >= 4 is 5.69 Å². The molecule has 1 aromatic heterocycles. The van der Waals surface area contributed by atoms with Crippen LogP contribution in [0.5, 0.6) is 5.75 Å². The highest BCUT2D eigenvalue weighted by Gasteiger charge is 2.07. The third kappa shape index (κ3) is 2.31. The predicted molar refractivity (Wildman–Crippen MR) is 79.0 cm³/mol. The fourth-order valence-electron chi connectivity index (χ4n) is 2.01. The van der Waals surface area contributed by atoms with Gasteiger partial charge in [0.1, 0.15) is 12.1 Å². The number of phenolic OH excluding ortho intramolecular Hbond substituents is 1. The van der Waals surface area contributed by atoms with Crippen LogP contribution >= 0.6 is 0 Å². The lowest BCUT2D eigenvalue weighted by molar-refractivity contribution is 0.477. The molecule has 0 aliphatic heterocycles. The van der Waals surface area contributed by atoms with Gasteiger partial charge in [-0.05, 0) is 30.3 Å². The third-order valence-electron chi connectivity index (χ3n) is 3.05. The second-order valence-corrected chi connectivity index (χ2v) is 4.43. The van der Waals surface area contributed by atoms with Crippen LogP contribution in [0.25, 0.3) is 22.5 Å². The monoisotopic (exact) mass is 263 g/mol. The normalized spacial score (nSPS) is 10.4. The molecule has 0 radical (unpaired) electrons. The quantitative estimate of drug-likeness (QED) is 0.697. The van der Waals surface area contributed by atoms with E-state index in [-0.39, 0.29) is 5.75 Å². The van der Waals surface area contributed by atoms with Gasteiger partial charge >= 0.3 is 0 Å². The van der Waals surface area contributed by atoms with E-state index in [9.17, 15) is 5.11 Å². The third-order valence-corrected chi connectivity index (χ3v) is 3.05. The minimum absolute atomic E-state index is 0.203. The van der Waals surface area contributed by atoms with Crippen LogP contribution in [0.3, 0.4) is 0 Å². The lowest BCUT2D eigenvalue weighted by atomic mass is 10.1. The Morgan fingerprint density at radius 1 is 0.850 bits per heavy atom. The minimum atomic E-state index is 0.203. The summed E-state index contributed by atoms with van der Waals surface area (Å²) in [5, 5.41) is 9.88. The Bertz CT molecular complexity index is 739. The van der Waals surface area contributed by atoms with Gasteiger partial charge in [0.05, 0.1) is 11.4 Å². The van der Waals surface area contributed by atoms with Crippen LogP contribution in [0.4, 0.5) is 5.69 Å². The van der Waals surface area contributed by atoms with Crippen LogP contribution < -0.4 is 5.73 Å². The van der Waals surface area contributed by atoms with Crippen molar-refractivity contribution in [2.75, 3.05) is 5.73 Å². The molecule has 20 heavy (non-hydrogen) atoms. The first-order valence-electron chi connectivity index (χ1n) is 6.20. The van der Waals surface area contributed by atoms with Gasteiger partial charge in [-0.25, -0.2) is 9.97 Å². The van der Waals surface area contributed by atoms with Crippen molar-refractivity contribution in [1.29, 1.82) is 0 Å². The summed E-state index contributed by atoms with van der Waals surface area (Å²) in [6, 6.07) is 16.4. The van der Waals surface area contributed by atoms with Crippen LogP contribution in [0.2, 0.25) is 0 Å². The highest BCUT2D eigenvalue weighted by atomic mass is 16.3. The van der Waals surface area contributed by atoms with Crippen molar-refractivity contribution in [2.45, 2.75) is 0 Å². The molecule has 0 bridgehead atoms. The predicted octanol–water partition coefficient (Wildman–Crippen LogP) is 3.10. The number of hydrogen-bond donors (Lipinski definition) is 2. The van der Waals surface area contributed by atoms with E-state index in [2.05, 4.69) is 9.97 Å². The van der Waals surface area contributed by atoms with Gasteiger partial charge in [-0.15, -0.1) is 0 Å². The largest absolute Gasteiger partial charge is 0.507 e. The van der Waals surface area contributed by atoms with E-state index >= 15 is 0 Å². The molecule has 3 aromatic rings. The summed E-state index contributed by atoms with van der Waals surface area (Å²) in [6.07, 6.45) is 1.49. The number of phenols is 1. The number of hydrogen-bond acceptors (Lipinski definition) is 4. The Hall–Kier alpha value is -2.88. The average Bonchev–Trinajstić information content (AvgIpc) is 2.49. The lowest BCUT2D eigenvalue weighted by Gasteiger charge is -2.06. The van der Waals surface area contributed by atoms with Gasteiger partial charge < -0.3 is 10.8 Å². The number of para-hydroxylation sites is 1. The number of anilines is 1. The maximum atomic E-state index is 9.88. The smallest absolute Gasteiger partial charge is 0.124 e. The summed E-state index contributed by atoms with van der Waals surface area (Å²) in [4.78, 5) is 8.48. The Morgan fingerprint density at radius 3 is 2.30 bits per heavy atom. The molecule has 0 saturated carbocycles. The standard InChI is InChI=1S/C16H13N3O/c17-12-7-5-11(6-8-12)14-9-15(19-10-18-14)13-3-1-2-4-16(13)20/h1-10,20H,17H2. The van der Waals surface area contributed by atoms with E-state index < -0.39 is 0 Å². The minimum Gasteiger partial charge on any atom is -0.507 e. The van der Waals surface area contributed by atoms with E-state index in [1.807, 2.05) is 42.5 Å². The van der Waals surface area contributed by atoms with Crippen LogP contribution in [0.15, 0.2) is 60.9 Å². The van der Waals surface area contributed by atoms with Crippen molar-refractivity contribution in [1.82, 2.24) is 9.97 Å². The summed E-state index contributed by atoms with van der Waals surface area (Å²) in [7, 11) is 0. The number of nitrogen functional groups attached to an aromatic ring is 1. The molecule has 4 nitrogen and oxygen atoms in total. The molecule has 1 heterocycles. The second-order valence-electron chi connectivity index (χ2n) is 4.43. The number of nitrogens with two attached hydrogens (primary N) is 1. The maximum Gasteiger partial charge on any atom is 0.124 e. The first kappa shape index (κ1) is 12.2. The lowest BCUT2D eigenvalue weighted by Crippen LogP contribution is -1.90. The van der Waals surface area contributed by atoms with E-state index in [1.54, 1.807) is 12.1 Å². The second kappa shape index (κ2) is 5.01. The number of nitrogens with zero attached hydrogens (tertiary/aromatic N) is 2. The summed E-state index contributed by atoms with van der Waals surface area (Å²) >= 11 is 0. The Labute approximate surface area is 116 Å². The molecule has 0 aliphatic rings. The van der Waals surface area contributed by atoms with Gasteiger partial charge in [0.2, 0.25) is 0 Å². The number of aromatic hydroxyl groups is 1. The first-order chi connectivity index (χ1) is 9.74. The van der Waals surface area contributed by atoms with E-state index in [1.165, 1.54) is 6.33 Å². The SMILES string of the molecule is Nc1ccc(-c2cc(-c3ccccc3O)ncn2)cc1. The molecule has 98 valence electrons. The topological polar surface area (TPSA) is 72.0 Å². The van der Waals surface area contributed by atoms with E-state index in [0.29, 0.717) is 16.9 Å². The molecule has 0 aliphatic carbocycles. The zero-order valence-corrected chi connectivity index (χ0v) is 10.7. The fourth-order valence-corrected chi connectivity index (χ4v) is 2.01. The summed E-state index contributed by atoms with van der Waals surface area (Å²) in [5.74, 6) is 0.203. The summed E-state index contributed by atoms with van der Waals surface area (Å²) in [6.45, 7) is 0. The summed E-state index contributed by atoms with van der Waals surface area (Å²) in [5.41, 5.74) is 9.51. The maximum absolute atomic E-state index is 9.88. The molecular formula is C16H13N3O. The van der Waals surface area contributed by atoms with Gasteiger partial charge in [0.15, 0.2) is 0 Å². The van der Waals surface area contributed by atoms with Crippen molar-refractivity contribution in [2.24, 2.45) is 0 Å². The Kier molecular flexibility index (Phi) is 3.05. The number of rotatable bonds is 2. The van der Waals surface area contributed by atoms with Gasteiger partial charge in [-0.1, -0.05) is 24.3 Å². The molecule has 0 fully saturated rings. The molecular weight excluding hydrogens is 250 g/mol. The van der Waals surface area contributed by atoms with Crippen LogP contribution in [-0.4, -0.2) is 15.1 Å². The first-order valence-corrected chi connectivity index (χ1v) is 6.20. The van der Waals surface area contributed by atoms with Crippen molar-refractivity contribution < 1.29 is 5.11 Å². The molecule has 0 saturated heterocycles. The molecule has 3 rings (SSSR count). The van der Waals surface area contributed by atoms with Crippen LogP contribution in [0, 0.1) is 0 Å². The van der Waals surface area contributed by atoms with E-state index in [0.717, 1.165) is 11.3 Å². The average molecular weight is 263 g/mol. The van der Waals surface area contributed by atoms with Gasteiger partial charge in [0, 0.05) is 16.8 Å². The van der Waals surface area contributed by atoms with Gasteiger partial charge in [-0.3, -0.25) is 0 Å². The summed E-state index contributed by atoms with van der Waals surface area (Å²) < 4.78 is 0. The zero-order chi connectivity index (χ0) is 13.9. The van der Waals surface area contributed by atoms with Crippen LogP contribution in [0.1, 0.15) is 0 Å². The zero-order valence-electron chi connectivity index (χ0n) is 10.7. The molecule has 0 spiro atoms. The number of aromatic nitrogens is 2. The molecule has 3 N–H and O–H groups in total. The highest BCUT2D eigenvalue weighted by molar-refractivity contribution is 5.71. The fraction of sp³-hybridized carbons (Fsp3) is 0. The van der Waals surface area contributed by atoms with Crippen molar-refractivity contribution in [3.63, 3.8) is 0 Å². The molecule has 0 unspecified atom stereocenters. The van der Waals surface area contributed by atoms with Crippen molar-refractivity contribution in [3.05, 3.63) is 60.9 Å². The van der Waals surface area contributed by atoms with Gasteiger partial charge in [-0.2, -0.15) is 0 Å². The Balaban J connectivity index is 2.06. The Morgan fingerprint density at radius 2 is 1.55 bits per heavy atom. The van der Waals surface area contributed by atoms with Crippen molar-refractivity contribution in [3.8, 4) is 28.3 Å². The molecule has 0 amide bonds. The van der Waals surface area contributed by atoms with E-state index in [4.69, 9.17) is 5.73 Å². The number of benzene rings is 2. The van der Waals surface area contributed by atoms with Crippen LogP contribution in [-0.2, 0) is 0 Å². The van der Waals surface area contributed by atoms with Gasteiger partial charge in [0.25, 0.3) is 0 Å². The highest BCUT2D eigenvalue weighted by Crippen LogP contribution is 2.29. The molecule has 4 heteroatoms.